The van der Waals surface area contributed by atoms with Gasteiger partial charge in [0.05, 0.1) is 13.3 Å². The number of methoxy groups -OCH3 is 1. The zero-order valence-corrected chi connectivity index (χ0v) is 19.4. The lowest BCUT2D eigenvalue weighted by Gasteiger charge is -2.10. The predicted molar refractivity (Wildman–Crippen MR) is 121 cm³/mol. The maximum Gasteiger partial charge on any atom is 0.453 e. The van der Waals surface area contributed by atoms with Crippen LogP contribution in [0.4, 0.5) is 13.2 Å². The molecule has 0 radical (unpaired) electrons. The average molecular weight is 512 g/mol. The highest BCUT2D eigenvalue weighted by Crippen LogP contribution is 2.32. The molecule has 0 saturated heterocycles. The molecule has 1 heterocycles. The Morgan fingerprint density at radius 3 is 2.62 bits per heavy atom. The normalized spacial score (nSPS) is 12.2. The fourth-order valence-corrected chi connectivity index (χ4v) is 3.84. The zero-order chi connectivity index (χ0) is 24.7. The van der Waals surface area contributed by atoms with Crippen LogP contribution in [0.3, 0.4) is 0 Å². The zero-order valence-electron chi connectivity index (χ0n) is 17.8. The summed E-state index contributed by atoms with van der Waals surface area (Å²) in [7, 11) is 2.48. The van der Waals surface area contributed by atoms with E-state index < -0.39 is 18.0 Å². The highest BCUT2D eigenvalue weighted by Gasteiger charge is 2.39. The van der Waals surface area contributed by atoms with Crippen molar-refractivity contribution < 1.29 is 27.5 Å². The summed E-state index contributed by atoms with van der Waals surface area (Å²) in [5, 5.41) is 14.9. The molecule has 0 atom stereocenters. The molecule has 0 fully saturated rings. The number of carbonyl (C=O) groups excluding carboxylic acids is 1. The van der Waals surface area contributed by atoms with Gasteiger partial charge < -0.3 is 9.57 Å². The molecular formula is C21H17ClF3N5O3S. The van der Waals surface area contributed by atoms with E-state index in [1.165, 1.54) is 20.4 Å². The summed E-state index contributed by atoms with van der Waals surface area (Å²) in [6, 6.07) is 13.2. The Morgan fingerprint density at radius 1 is 1.18 bits per heavy atom. The van der Waals surface area contributed by atoms with Gasteiger partial charge in [0.2, 0.25) is 5.16 Å². The van der Waals surface area contributed by atoms with E-state index in [2.05, 4.69) is 20.5 Å². The smallest absolute Gasteiger partial charge is 0.453 e. The van der Waals surface area contributed by atoms with Crippen LogP contribution >= 0.6 is 23.4 Å². The number of oxime groups is 1. The molecule has 3 aromatic rings. The number of thioether (sulfide) groups is 1. The van der Waals surface area contributed by atoms with Crippen LogP contribution in [0.1, 0.15) is 22.5 Å². The first-order valence-electron chi connectivity index (χ1n) is 9.47. The minimum absolute atomic E-state index is 0.0855. The lowest BCUT2D eigenvalue weighted by Crippen LogP contribution is -2.19. The lowest BCUT2D eigenvalue weighted by atomic mass is 10.0. The summed E-state index contributed by atoms with van der Waals surface area (Å²) in [6.07, 6.45) is -3.55. The number of halogens is 4. The molecule has 1 aromatic heterocycles. The minimum atomic E-state index is -4.78. The second kappa shape index (κ2) is 11.2. The topological polar surface area (TPSA) is 91.0 Å². The van der Waals surface area contributed by atoms with Gasteiger partial charge in [0, 0.05) is 16.3 Å². The SMILES string of the molecule is CO/N=C(/C(=O)OC)c1ccccc1CSc1nnc(C(F)(F)F)n1/N=C/c1cccc(Cl)c1. The minimum Gasteiger partial charge on any atom is -0.464 e. The van der Waals surface area contributed by atoms with Crippen LogP contribution in [0.25, 0.3) is 0 Å². The fraction of sp³-hybridized carbons (Fsp3) is 0.190. The fourth-order valence-electron chi connectivity index (χ4n) is 2.75. The van der Waals surface area contributed by atoms with Crippen LogP contribution in [-0.2, 0) is 26.3 Å². The van der Waals surface area contributed by atoms with Gasteiger partial charge in [-0.05, 0) is 23.3 Å². The summed E-state index contributed by atoms with van der Waals surface area (Å²) in [6.45, 7) is 0. The van der Waals surface area contributed by atoms with Gasteiger partial charge in [0.15, 0.2) is 5.71 Å². The van der Waals surface area contributed by atoms with Crippen molar-refractivity contribution in [2.45, 2.75) is 17.1 Å². The van der Waals surface area contributed by atoms with E-state index in [4.69, 9.17) is 21.2 Å². The Labute approximate surface area is 201 Å². The molecule has 8 nitrogen and oxygen atoms in total. The number of esters is 1. The first kappa shape index (κ1) is 25.2. The second-order valence-electron chi connectivity index (χ2n) is 6.48. The molecule has 2 aromatic carbocycles. The number of benzene rings is 2. The molecule has 34 heavy (non-hydrogen) atoms. The number of hydrogen-bond acceptors (Lipinski definition) is 8. The van der Waals surface area contributed by atoms with Crippen LogP contribution in [0, 0.1) is 0 Å². The van der Waals surface area contributed by atoms with Gasteiger partial charge in [0.1, 0.15) is 7.11 Å². The molecular weight excluding hydrogens is 495 g/mol. The van der Waals surface area contributed by atoms with Crippen molar-refractivity contribution in [3.05, 3.63) is 76.1 Å². The number of hydrogen-bond donors (Lipinski definition) is 0. The predicted octanol–water partition coefficient (Wildman–Crippen LogP) is 4.65. The molecule has 0 unspecified atom stereocenters. The van der Waals surface area contributed by atoms with E-state index >= 15 is 0 Å². The maximum absolute atomic E-state index is 13.5. The van der Waals surface area contributed by atoms with Gasteiger partial charge in [-0.3, -0.25) is 0 Å². The lowest BCUT2D eigenvalue weighted by molar-refractivity contribution is -0.147. The molecule has 0 aliphatic rings. The van der Waals surface area contributed by atoms with Crippen LogP contribution in [0.5, 0.6) is 0 Å². The van der Waals surface area contributed by atoms with Crippen molar-refractivity contribution in [1.29, 1.82) is 0 Å². The summed E-state index contributed by atoms with van der Waals surface area (Å²) < 4.78 is 45.8. The number of carbonyl (C=O) groups is 1. The summed E-state index contributed by atoms with van der Waals surface area (Å²) in [5.74, 6) is -1.89. The molecule has 0 aliphatic carbocycles. The van der Waals surface area contributed by atoms with E-state index in [-0.39, 0.29) is 16.6 Å². The van der Waals surface area contributed by atoms with Gasteiger partial charge >= 0.3 is 12.1 Å². The third kappa shape index (κ3) is 6.14. The average Bonchev–Trinajstić information content (AvgIpc) is 3.23. The van der Waals surface area contributed by atoms with Crippen molar-refractivity contribution in [1.82, 2.24) is 14.9 Å². The molecule has 0 amide bonds. The molecule has 0 bridgehead atoms. The van der Waals surface area contributed by atoms with Gasteiger partial charge in [-0.1, -0.05) is 64.9 Å². The van der Waals surface area contributed by atoms with Crippen LogP contribution < -0.4 is 0 Å². The monoisotopic (exact) mass is 511 g/mol. The number of nitrogens with zero attached hydrogens (tertiary/aromatic N) is 5. The Hall–Kier alpha value is -3.38. The van der Waals surface area contributed by atoms with E-state index in [1.807, 2.05) is 0 Å². The number of rotatable bonds is 8. The van der Waals surface area contributed by atoms with Crippen molar-refractivity contribution in [3.8, 4) is 0 Å². The highest BCUT2D eigenvalue weighted by molar-refractivity contribution is 7.98. The standard InChI is InChI=1S/C21H17ClF3N5O3S/c1-32-18(31)17(29-33-2)16-9-4-3-7-14(16)12-34-20-28-27-19(21(23,24)25)30(20)26-11-13-6-5-8-15(22)10-13/h3-11H,12H2,1-2H3/b26-11+,29-17+. The summed E-state index contributed by atoms with van der Waals surface area (Å²) in [4.78, 5) is 16.9. The molecule has 0 saturated carbocycles. The van der Waals surface area contributed by atoms with Crippen LogP contribution in [0.2, 0.25) is 5.02 Å². The Bertz CT molecular complexity index is 1230. The summed E-state index contributed by atoms with van der Waals surface area (Å²) >= 11 is 6.87. The Morgan fingerprint density at radius 2 is 1.94 bits per heavy atom. The van der Waals surface area contributed by atoms with Gasteiger partial charge in [-0.25, -0.2) is 4.79 Å². The molecule has 0 aliphatic heterocycles. The quantitative estimate of drug-likeness (QED) is 0.189. The largest absolute Gasteiger partial charge is 0.464 e. The number of alkyl halides is 3. The number of aromatic nitrogens is 3. The molecule has 0 spiro atoms. The van der Waals surface area contributed by atoms with Crippen molar-refractivity contribution in [2.24, 2.45) is 10.3 Å². The third-order valence-corrected chi connectivity index (χ3v) is 5.43. The van der Waals surface area contributed by atoms with Gasteiger partial charge in [-0.15, -0.1) is 10.2 Å². The third-order valence-electron chi connectivity index (χ3n) is 4.23. The van der Waals surface area contributed by atoms with Crippen LogP contribution in [-0.4, -0.2) is 47.0 Å². The van der Waals surface area contributed by atoms with Crippen molar-refractivity contribution in [3.63, 3.8) is 0 Å². The van der Waals surface area contributed by atoms with Gasteiger partial charge in [-0.2, -0.15) is 22.9 Å². The van der Waals surface area contributed by atoms with E-state index in [0.717, 1.165) is 11.8 Å². The highest BCUT2D eigenvalue weighted by atomic mass is 35.5. The molecule has 178 valence electrons. The maximum atomic E-state index is 13.5. The first-order valence-corrected chi connectivity index (χ1v) is 10.8. The second-order valence-corrected chi connectivity index (χ2v) is 7.85. The Balaban J connectivity index is 1.94. The van der Waals surface area contributed by atoms with Gasteiger partial charge in [0.25, 0.3) is 5.82 Å². The first-order chi connectivity index (χ1) is 16.2. The molecule has 3 rings (SSSR count). The number of ether oxygens (including phenoxy) is 1. The molecule has 0 N–H and O–H groups in total. The summed E-state index contributed by atoms with van der Waals surface area (Å²) in [5.41, 5.74) is 1.38. The Kier molecular flexibility index (Phi) is 8.29. The van der Waals surface area contributed by atoms with E-state index in [9.17, 15) is 18.0 Å². The van der Waals surface area contributed by atoms with Crippen molar-refractivity contribution in [2.75, 3.05) is 14.2 Å². The molecule has 13 heteroatoms. The van der Waals surface area contributed by atoms with E-state index in [0.29, 0.717) is 26.4 Å². The van der Waals surface area contributed by atoms with Crippen molar-refractivity contribution >= 4 is 41.3 Å². The van der Waals surface area contributed by atoms with E-state index in [1.54, 1.807) is 48.5 Å². The van der Waals surface area contributed by atoms with Crippen LogP contribution in [0.15, 0.2) is 63.9 Å².